The van der Waals surface area contributed by atoms with E-state index in [1.165, 1.54) is 72.8 Å². The van der Waals surface area contributed by atoms with Crippen molar-refractivity contribution in [1.29, 1.82) is 0 Å². The van der Waals surface area contributed by atoms with E-state index in [4.69, 9.17) is 19.0 Å². The van der Waals surface area contributed by atoms with Gasteiger partial charge in [0.05, 0.1) is 50.4 Å². The van der Waals surface area contributed by atoms with Gasteiger partial charge in [-0.1, -0.05) is 24.3 Å². The second kappa shape index (κ2) is 18.1. The summed E-state index contributed by atoms with van der Waals surface area (Å²) in [6.45, 7) is 10.1. The van der Waals surface area contributed by atoms with Crippen molar-refractivity contribution in [3.05, 3.63) is 157 Å². The summed E-state index contributed by atoms with van der Waals surface area (Å²) in [5.74, 6) is -22.2. The molecule has 7 aromatic rings. The molecule has 364 valence electrons. The van der Waals surface area contributed by atoms with Crippen LogP contribution in [0.5, 0.6) is 0 Å². The third kappa shape index (κ3) is 9.04. The molecule has 0 saturated heterocycles. The van der Waals surface area contributed by atoms with Gasteiger partial charge in [-0.25, -0.2) is 53.9 Å². The molecule has 0 saturated carbocycles. The van der Waals surface area contributed by atoms with E-state index in [0.717, 1.165) is 3.57 Å². The number of aromatic amines is 2. The molecule has 5 heterocycles. The van der Waals surface area contributed by atoms with Crippen LogP contribution >= 0.6 is 30.2 Å². The third-order valence-corrected chi connectivity index (χ3v) is 14.3. The molecule has 0 aliphatic carbocycles. The van der Waals surface area contributed by atoms with E-state index in [1.54, 1.807) is 65.8 Å². The van der Waals surface area contributed by atoms with Crippen LogP contribution in [0.15, 0.2) is 72.8 Å². The molecule has 7 nitrogen and oxygen atoms in total. The molecule has 2 aliphatic heterocycles. The average Bonchev–Trinajstić information content (AvgIpc) is 4.16. The molecule has 0 amide bonds. The van der Waals surface area contributed by atoms with Gasteiger partial charge in [-0.05, 0) is 148 Å². The standard InChI is InChI=1S/C52H36F10IN4O3P/c1-51(2,3)69-71(68,70-52(4,5)6)26-13-9-24(10-14-26)36-29-17-21-33(66-29)37(39-41(53)45(57)49(61)46(58)42(39)54)31-19-15-27(64-31)35(23-7-11-25(63)12-8-23)28-16-20-32(65-28)38(34-22-18-30(36)67-34)40-43(55)47(59)50(62)48(60)44(40)56/h7-22,64,67H,1-6H3. The van der Waals surface area contributed by atoms with Crippen LogP contribution in [-0.2, 0) is 13.6 Å². The van der Waals surface area contributed by atoms with Crippen molar-refractivity contribution in [2.45, 2.75) is 52.7 Å². The van der Waals surface area contributed by atoms with Crippen molar-refractivity contribution < 1.29 is 57.5 Å². The van der Waals surface area contributed by atoms with Gasteiger partial charge in [0.2, 0.25) is 11.6 Å². The van der Waals surface area contributed by atoms with E-state index in [1.807, 2.05) is 0 Å². The highest BCUT2D eigenvalue weighted by atomic mass is 127. The maximum atomic E-state index is 16.1. The van der Waals surface area contributed by atoms with Crippen molar-refractivity contribution in [1.82, 2.24) is 19.9 Å². The third-order valence-electron chi connectivity index (χ3n) is 11.1. The lowest BCUT2D eigenvalue weighted by Crippen LogP contribution is -2.28. The Kier molecular flexibility index (Phi) is 12.6. The molecule has 19 heteroatoms. The lowest BCUT2D eigenvalue weighted by Gasteiger charge is -2.32. The number of halogens is 11. The van der Waals surface area contributed by atoms with Gasteiger partial charge in [-0.3, -0.25) is 13.6 Å². The molecule has 0 spiro atoms. The quantitative estimate of drug-likeness (QED) is 0.0545. The molecular formula is C52H36F10IN4O3P. The van der Waals surface area contributed by atoms with E-state index in [0.29, 0.717) is 5.56 Å². The van der Waals surface area contributed by atoms with Gasteiger partial charge in [0.1, 0.15) is 0 Å². The van der Waals surface area contributed by atoms with Gasteiger partial charge in [-0.15, -0.1) is 0 Å². The highest BCUT2D eigenvalue weighted by Gasteiger charge is 2.38. The van der Waals surface area contributed by atoms with Gasteiger partial charge in [-0.2, -0.15) is 0 Å². The Morgan fingerprint density at radius 1 is 0.408 bits per heavy atom. The normalized spacial score (nSPS) is 12.9. The lowest BCUT2D eigenvalue weighted by atomic mass is 10.0. The van der Waals surface area contributed by atoms with E-state index in [2.05, 4.69) is 32.6 Å². The van der Waals surface area contributed by atoms with Gasteiger partial charge < -0.3 is 9.97 Å². The van der Waals surface area contributed by atoms with Crippen molar-refractivity contribution in [3.8, 4) is 44.5 Å². The Labute approximate surface area is 412 Å². The van der Waals surface area contributed by atoms with Crippen LogP contribution in [0.25, 0.3) is 90.9 Å². The monoisotopic (exact) mass is 1110 g/mol. The smallest absolute Gasteiger partial charge is 0.354 e. The first-order chi connectivity index (χ1) is 33.4. The molecule has 71 heavy (non-hydrogen) atoms. The van der Waals surface area contributed by atoms with E-state index < -0.39 is 99.2 Å². The number of benzene rings is 4. The molecule has 0 atom stereocenters. The minimum atomic E-state index is -4.09. The summed E-state index contributed by atoms with van der Waals surface area (Å²) in [5.41, 5.74) is -5.38. The molecule has 2 N–H and O–H groups in total. The van der Waals surface area contributed by atoms with Crippen molar-refractivity contribution in [2.24, 2.45) is 0 Å². The summed E-state index contributed by atoms with van der Waals surface area (Å²) in [6, 6.07) is 18.1. The van der Waals surface area contributed by atoms with Crippen LogP contribution in [-0.4, -0.2) is 31.1 Å². The van der Waals surface area contributed by atoms with Gasteiger partial charge >= 0.3 is 7.60 Å². The minimum Gasteiger partial charge on any atom is -0.354 e. The van der Waals surface area contributed by atoms with Crippen molar-refractivity contribution >= 4 is 81.9 Å². The summed E-state index contributed by atoms with van der Waals surface area (Å²) in [6.07, 6.45) is 5.32. The molecule has 0 fully saturated rings. The van der Waals surface area contributed by atoms with Crippen LogP contribution in [0.4, 0.5) is 43.9 Å². The average molecular weight is 1110 g/mol. The number of rotatable bonds is 7. The first-order valence-corrected chi connectivity index (χ1v) is 24.1. The van der Waals surface area contributed by atoms with Crippen LogP contribution in [0.3, 0.4) is 0 Å². The largest absolute Gasteiger partial charge is 0.362 e. The van der Waals surface area contributed by atoms with Gasteiger partial charge in [0, 0.05) is 47.9 Å². The zero-order chi connectivity index (χ0) is 51.2. The number of hydrogen-bond donors (Lipinski definition) is 2. The predicted molar refractivity (Wildman–Crippen MR) is 262 cm³/mol. The highest BCUT2D eigenvalue weighted by molar-refractivity contribution is 14.1. The highest BCUT2D eigenvalue weighted by Crippen LogP contribution is 2.54. The molecule has 0 radical (unpaired) electrons. The summed E-state index contributed by atoms with van der Waals surface area (Å²) >= 11 is 2.06. The fourth-order valence-electron chi connectivity index (χ4n) is 8.26. The summed E-state index contributed by atoms with van der Waals surface area (Å²) in [4.78, 5) is 15.5. The number of fused-ring (bicyclic) bond motifs is 8. The fraction of sp³-hybridized carbons (Fsp3) is 0.154. The second-order valence-electron chi connectivity index (χ2n) is 18.4. The molecule has 9 rings (SSSR count). The zero-order valence-electron chi connectivity index (χ0n) is 38.0. The molecule has 0 unspecified atom stereocenters. The van der Waals surface area contributed by atoms with Crippen molar-refractivity contribution in [2.75, 3.05) is 0 Å². The van der Waals surface area contributed by atoms with E-state index >= 15 is 35.1 Å². The number of H-pyrrole nitrogens is 2. The molecule has 4 aromatic carbocycles. The summed E-state index contributed by atoms with van der Waals surface area (Å²) in [5, 5.41) is 0.120. The van der Waals surface area contributed by atoms with E-state index in [9.17, 15) is 13.3 Å². The molecule has 2 aliphatic rings. The van der Waals surface area contributed by atoms with Crippen LogP contribution in [0.1, 0.15) is 64.3 Å². The minimum absolute atomic E-state index is 0.0286. The van der Waals surface area contributed by atoms with Crippen LogP contribution in [0.2, 0.25) is 0 Å². The zero-order valence-corrected chi connectivity index (χ0v) is 41.0. The Bertz CT molecular complexity index is 3530. The van der Waals surface area contributed by atoms with Crippen molar-refractivity contribution in [3.63, 3.8) is 0 Å². The maximum Gasteiger partial charge on any atom is 0.362 e. The predicted octanol–water partition coefficient (Wildman–Crippen LogP) is 15.8. The summed E-state index contributed by atoms with van der Waals surface area (Å²) < 4.78 is 182. The first kappa shape index (κ1) is 49.6. The maximum absolute atomic E-state index is 16.1. The fourth-order valence-corrected chi connectivity index (χ4v) is 10.8. The summed E-state index contributed by atoms with van der Waals surface area (Å²) in [7, 11) is -4.09. The topological polar surface area (TPSA) is 92.9 Å². The molecule has 8 bridgehead atoms. The number of nitrogens with one attached hydrogen (secondary N) is 2. The van der Waals surface area contributed by atoms with Gasteiger partial charge in [0.15, 0.2) is 46.5 Å². The number of nitrogens with zero attached hydrogens (tertiary/aromatic N) is 2. The van der Waals surface area contributed by atoms with Crippen LogP contribution in [0, 0.1) is 61.7 Å². The van der Waals surface area contributed by atoms with Gasteiger partial charge in [0.25, 0.3) is 0 Å². The Hall–Kier alpha value is -6.34. The number of hydrogen-bond acceptors (Lipinski definition) is 5. The molecule has 3 aromatic heterocycles. The van der Waals surface area contributed by atoms with E-state index in [-0.39, 0.29) is 66.8 Å². The Balaban J connectivity index is 1.46. The Morgan fingerprint density at radius 3 is 1.01 bits per heavy atom. The Morgan fingerprint density at radius 2 is 0.690 bits per heavy atom. The first-order valence-electron chi connectivity index (χ1n) is 21.4. The molecular weight excluding hydrogens is 1080 g/mol. The lowest BCUT2D eigenvalue weighted by molar-refractivity contribution is 0.0548. The number of aromatic nitrogens is 4. The second-order valence-corrected chi connectivity index (χ2v) is 21.5. The van der Waals surface area contributed by atoms with Crippen LogP contribution < -0.4 is 5.30 Å². The SMILES string of the molecule is CC(C)(C)OP(=O)(OC(C)(C)C)c1ccc(-c2c3nc(c(-c4c(F)c(F)c(F)c(F)c4F)c4ccc([nH]4)c(-c4ccc(I)cc4)c4nc(c(-c5c(F)c(F)c(F)c(F)c5F)c5ccc2[nH]5)C=C4)C=C3)cc1.